The van der Waals surface area contributed by atoms with E-state index in [0.717, 1.165) is 0 Å². The van der Waals surface area contributed by atoms with Crippen LogP contribution in [0.25, 0.3) is 0 Å². The standard InChI is InChI=1S/C6H7N2O3S/c7-12(10,11)6-3-1-2-5(4-6)8-9/h1-4,8H,(H2,7,10,11)/q-1. The number of rotatable bonds is 2. The Morgan fingerprint density at radius 2 is 2.08 bits per heavy atom. The number of hydrogen-bond donors (Lipinski definition) is 2. The van der Waals surface area contributed by atoms with Crippen LogP contribution in [0.15, 0.2) is 29.2 Å². The fourth-order valence-corrected chi connectivity index (χ4v) is 1.30. The Labute approximate surface area is 69.8 Å². The molecule has 0 aromatic heterocycles. The van der Waals surface area contributed by atoms with Crippen molar-refractivity contribution in [2.24, 2.45) is 5.14 Å². The van der Waals surface area contributed by atoms with Gasteiger partial charge in [-0.3, -0.25) is 0 Å². The maximum Gasteiger partial charge on any atom is 0.238 e. The molecule has 0 amide bonds. The van der Waals surface area contributed by atoms with E-state index in [1.807, 2.05) is 0 Å². The van der Waals surface area contributed by atoms with Crippen LogP contribution in [-0.4, -0.2) is 8.42 Å². The average Bonchev–Trinajstić information content (AvgIpc) is 2.03. The number of hydrogen-bond acceptors (Lipinski definition) is 4. The maximum absolute atomic E-state index is 10.7. The molecule has 3 N–H and O–H groups in total. The van der Waals surface area contributed by atoms with Crippen molar-refractivity contribution in [2.45, 2.75) is 4.90 Å². The first-order valence-corrected chi connectivity index (χ1v) is 4.59. The average molecular weight is 187 g/mol. The summed E-state index contributed by atoms with van der Waals surface area (Å²) >= 11 is 0. The van der Waals surface area contributed by atoms with Gasteiger partial charge in [-0.15, -0.1) is 0 Å². The smallest absolute Gasteiger partial charge is 0.238 e. The first-order valence-electron chi connectivity index (χ1n) is 3.05. The summed E-state index contributed by atoms with van der Waals surface area (Å²) in [5.74, 6) is 0. The molecule has 12 heavy (non-hydrogen) atoms. The predicted molar refractivity (Wildman–Crippen MR) is 44.8 cm³/mol. The Morgan fingerprint density at radius 3 is 2.58 bits per heavy atom. The number of benzene rings is 1. The van der Waals surface area contributed by atoms with E-state index in [1.54, 1.807) is 5.48 Å². The van der Waals surface area contributed by atoms with E-state index in [2.05, 4.69) is 0 Å². The second-order valence-electron chi connectivity index (χ2n) is 2.17. The lowest BCUT2D eigenvalue weighted by Crippen LogP contribution is -2.12. The van der Waals surface area contributed by atoms with Crippen molar-refractivity contribution in [3.63, 3.8) is 0 Å². The second-order valence-corrected chi connectivity index (χ2v) is 3.74. The molecule has 0 aliphatic heterocycles. The van der Waals surface area contributed by atoms with Crippen molar-refractivity contribution in [1.29, 1.82) is 0 Å². The molecule has 1 aromatic carbocycles. The van der Waals surface area contributed by atoms with E-state index in [4.69, 9.17) is 5.14 Å². The zero-order chi connectivity index (χ0) is 9.19. The van der Waals surface area contributed by atoms with E-state index < -0.39 is 10.0 Å². The summed E-state index contributed by atoms with van der Waals surface area (Å²) in [5.41, 5.74) is 1.74. The van der Waals surface area contributed by atoms with E-state index in [-0.39, 0.29) is 10.6 Å². The Morgan fingerprint density at radius 1 is 1.42 bits per heavy atom. The summed E-state index contributed by atoms with van der Waals surface area (Å²) < 4.78 is 21.5. The molecule has 0 heterocycles. The molecule has 0 radical (unpaired) electrons. The van der Waals surface area contributed by atoms with Crippen molar-refractivity contribution >= 4 is 15.7 Å². The van der Waals surface area contributed by atoms with E-state index in [9.17, 15) is 13.6 Å². The summed E-state index contributed by atoms with van der Waals surface area (Å²) in [7, 11) is -3.71. The summed E-state index contributed by atoms with van der Waals surface area (Å²) in [4.78, 5) is -0.0802. The van der Waals surface area contributed by atoms with Crippen molar-refractivity contribution in [3.05, 3.63) is 29.5 Å². The van der Waals surface area contributed by atoms with Gasteiger partial charge in [0.05, 0.1) is 4.90 Å². The van der Waals surface area contributed by atoms with Gasteiger partial charge in [-0.05, 0) is 18.2 Å². The topological polar surface area (TPSA) is 95.2 Å². The van der Waals surface area contributed by atoms with Crippen LogP contribution < -0.4 is 10.6 Å². The molecular weight excluding hydrogens is 180 g/mol. The van der Waals surface area contributed by atoms with Gasteiger partial charge >= 0.3 is 0 Å². The van der Waals surface area contributed by atoms with Gasteiger partial charge in [0, 0.05) is 5.69 Å². The third kappa shape index (κ3) is 1.94. The highest BCUT2D eigenvalue weighted by atomic mass is 32.2. The molecule has 0 fully saturated rings. The quantitative estimate of drug-likeness (QED) is 0.648. The largest absolute Gasteiger partial charge is 0.761 e. The second kappa shape index (κ2) is 3.10. The Kier molecular flexibility index (Phi) is 2.32. The zero-order valence-electron chi connectivity index (χ0n) is 6.02. The minimum absolute atomic E-state index is 0.0802. The predicted octanol–water partition coefficient (Wildman–Crippen LogP) is 0.244. The SMILES string of the molecule is NS(=O)(=O)c1cccc(N[O-])c1. The fourth-order valence-electron chi connectivity index (χ4n) is 0.737. The van der Waals surface area contributed by atoms with Gasteiger partial charge in [-0.25, -0.2) is 13.6 Å². The van der Waals surface area contributed by atoms with Crippen molar-refractivity contribution in [3.8, 4) is 0 Å². The molecular formula is C6H7N2O3S-. The Bertz CT molecular complexity index is 374. The molecule has 0 unspecified atom stereocenters. The van der Waals surface area contributed by atoms with Crippen LogP contribution in [0.5, 0.6) is 0 Å². The molecule has 5 nitrogen and oxygen atoms in total. The molecule has 66 valence electrons. The lowest BCUT2D eigenvalue weighted by molar-refractivity contribution is 0.598. The number of nitrogens with two attached hydrogens (primary N) is 1. The van der Waals surface area contributed by atoms with E-state index in [1.165, 1.54) is 24.3 Å². The van der Waals surface area contributed by atoms with Crippen LogP contribution in [0.1, 0.15) is 0 Å². The molecule has 0 spiro atoms. The van der Waals surface area contributed by atoms with Crippen LogP contribution in [0.4, 0.5) is 5.69 Å². The van der Waals surface area contributed by atoms with Gasteiger partial charge < -0.3 is 10.7 Å². The molecule has 6 heteroatoms. The Hall–Kier alpha value is -1.11. The number of nitrogens with one attached hydrogen (secondary N) is 1. The molecule has 1 aromatic rings. The zero-order valence-corrected chi connectivity index (χ0v) is 6.84. The highest BCUT2D eigenvalue weighted by molar-refractivity contribution is 7.89. The van der Waals surface area contributed by atoms with Gasteiger partial charge in [0.1, 0.15) is 0 Å². The van der Waals surface area contributed by atoms with Crippen LogP contribution in [-0.2, 0) is 10.0 Å². The van der Waals surface area contributed by atoms with Crippen molar-refractivity contribution in [2.75, 3.05) is 5.48 Å². The monoisotopic (exact) mass is 187 g/mol. The highest BCUT2D eigenvalue weighted by Crippen LogP contribution is 2.12. The van der Waals surface area contributed by atoms with Crippen molar-refractivity contribution < 1.29 is 8.42 Å². The number of anilines is 1. The first kappa shape index (κ1) is 8.98. The number of sulfonamides is 1. The highest BCUT2D eigenvalue weighted by Gasteiger charge is 2.06. The lowest BCUT2D eigenvalue weighted by Gasteiger charge is -2.09. The van der Waals surface area contributed by atoms with Gasteiger partial charge in [-0.2, -0.15) is 0 Å². The molecule has 0 saturated heterocycles. The van der Waals surface area contributed by atoms with Gasteiger partial charge in [0.25, 0.3) is 0 Å². The summed E-state index contributed by atoms with van der Waals surface area (Å²) in [6.07, 6.45) is 0. The molecule has 0 bridgehead atoms. The third-order valence-electron chi connectivity index (χ3n) is 1.28. The Balaban J connectivity index is 3.20. The maximum atomic E-state index is 10.7. The van der Waals surface area contributed by atoms with Crippen LogP contribution in [0.2, 0.25) is 0 Å². The van der Waals surface area contributed by atoms with Crippen LogP contribution >= 0.6 is 0 Å². The molecule has 1 rings (SSSR count). The van der Waals surface area contributed by atoms with Gasteiger partial charge in [0.15, 0.2) is 0 Å². The van der Waals surface area contributed by atoms with Crippen molar-refractivity contribution in [1.82, 2.24) is 0 Å². The van der Waals surface area contributed by atoms with E-state index in [0.29, 0.717) is 0 Å². The third-order valence-corrected chi connectivity index (χ3v) is 2.19. The molecule has 0 saturated carbocycles. The fraction of sp³-hybridized carbons (Fsp3) is 0. The minimum Gasteiger partial charge on any atom is -0.761 e. The first-order chi connectivity index (χ1) is 5.54. The van der Waals surface area contributed by atoms with E-state index >= 15 is 0 Å². The molecule has 0 aliphatic carbocycles. The lowest BCUT2D eigenvalue weighted by atomic mass is 10.3. The molecule has 0 aliphatic rings. The summed E-state index contributed by atoms with van der Waals surface area (Å²) in [5, 5.41) is 14.9. The van der Waals surface area contributed by atoms with Crippen LogP contribution in [0, 0.1) is 5.21 Å². The van der Waals surface area contributed by atoms with Crippen LogP contribution in [0.3, 0.4) is 0 Å². The van der Waals surface area contributed by atoms with Gasteiger partial charge in [0.2, 0.25) is 10.0 Å². The normalized spacial score (nSPS) is 11.2. The number of primary sulfonamides is 1. The summed E-state index contributed by atoms with van der Waals surface area (Å²) in [6.45, 7) is 0. The molecule has 0 atom stereocenters. The minimum atomic E-state index is -3.71. The summed E-state index contributed by atoms with van der Waals surface area (Å²) in [6, 6.07) is 5.36. The van der Waals surface area contributed by atoms with Gasteiger partial charge in [-0.1, -0.05) is 6.07 Å².